The van der Waals surface area contributed by atoms with Crippen LogP contribution >= 0.6 is 0 Å². The predicted octanol–water partition coefficient (Wildman–Crippen LogP) is 2.73. The molecule has 1 heteroatoms. The van der Waals surface area contributed by atoms with Gasteiger partial charge in [0.15, 0.2) is 0 Å². The van der Waals surface area contributed by atoms with Crippen LogP contribution in [-0.2, 0) is 0 Å². The Bertz CT molecular complexity index is 218. The van der Waals surface area contributed by atoms with E-state index in [-0.39, 0.29) is 5.41 Å². The van der Waals surface area contributed by atoms with Gasteiger partial charge in [0.1, 0.15) is 0 Å². The summed E-state index contributed by atoms with van der Waals surface area (Å²) in [6.45, 7) is 6.29. The number of hydrogen-bond acceptors (Lipinski definition) is 1. The second kappa shape index (κ2) is 3.72. The van der Waals surface area contributed by atoms with E-state index in [1.807, 2.05) is 0 Å². The van der Waals surface area contributed by atoms with E-state index in [0.717, 1.165) is 25.7 Å². The first kappa shape index (κ1) is 10.6. The van der Waals surface area contributed by atoms with E-state index >= 15 is 0 Å². The van der Waals surface area contributed by atoms with E-state index in [9.17, 15) is 5.11 Å². The summed E-state index contributed by atoms with van der Waals surface area (Å²) in [6, 6.07) is 0. The fourth-order valence-electron chi connectivity index (χ4n) is 1.68. The van der Waals surface area contributed by atoms with Crippen LogP contribution in [0.2, 0.25) is 0 Å². The van der Waals surface area contributed by atoms with Crippen LogP contribution in [0.3, 0.4) is 0 Å². The molecule has 1 fully saturated rings. The Morgan fingerprint density at radius 1 is 1.23 bits per heavy atom. The average Bonchev–Trinajstić information content (AvgIpc) is 2.33. The van der Waals surface area contributed by atoms with Gasteiger partial charge in [-0.05, 0) is 33.6 Å². The second-order valence-corrected chi connectivity index (χ2v) is 5.16. The van der Waals surface area contributed by atoms with E-state index < -0.39 is 5.60 Å². The summed E-state index contributed by atoms with van der Waals surface area (Å²) in [7, 11) is 0. The fraction of sp³-hybridized carbons (Fsp3) is 0.833. The summed E-state index contributed by atoms with van der Waals surface area (Å²) in [6.07, 6.45) is 4.85. The van der Waals surface area contributed by atoms with E-state index in [1.54, 1.807) is 0 Å². The molecule has 1 rings (SSSR count). The molecule has 0 bridgehead atoms. The lowest BCUT2D eigenvalue weighted by atomic mass is 9.94. The summed E-state index contributed by atoms with van der Waals surface area (Å²) in [5.41, 5.74) is -0.396. The first-order chi connectivity index (χ1) is 5.91. The predicted molar refractivity (Wildman–Crippen MR) is 55.3 cm³/mol. The number of hydrogen-bond donors (Lipinski definition) is 1. The minimum absolute atomic E-state index is 0.0644. The summed E-state index contributed by atoms with van der Waals surface area (Å²) in [5, 5.41) is 9.99. The highest BCUT2D eigenvalue weighted by Gasteiger charge is 2.29. The van der Waals surface area contributed by atoms with Crippen molar-refractivity contribution >= 4 is 0 Å². The highest BCUT2D eigenvalue weighted by molar-refractivity contribution is 5.10. The lowest BCUT2D eigenvalue weighted by Gasteiger charge is -2.18. The first-order valence-electron chi connectivity index (χ1n) is 5.14. The molecule has 13 heavy (non-hydrogen) atoms. The average molecular weight is 180 g/mol. The molecule has 0 aromatic heterocycles. The molecular formula is C12H20O. The molecule has 0 spiro atoms. The molecule has 1 aliphatic carbocycles. The quantitative estimate of drug-likeness (QED) is 0.615. The lowest BCUT2D eigenvalue weighted by molar-refractivity contribution is 0.0531. The third kappa shape index (κ3) is 3.83. The van der Waals surface area contributed by atoms with Gasteiger partial charge in [0, 0.05) is 11.8 Å². The smallest absolute Gasteiger partial charge is 0.0756 e. The number of rotatable bonds is 1. The van der Waals surface area contributed by atoms with Gasteiger partial charge in [-0.25, -0.2) is 0 Å². The molecule has 0 amide bonds. The third-order valence-corrected chi connectivity index (χ3v) is 2.42. The van der Waals surface area contributed by atoms with E-state index in [4.69, 9.17) is 0 Å². The van der Waals surface area contributed by atoms with Crippen molar-refractivity contribution in [3.05, 3.63) is 0 Å². The molecule has 1 saturated carbocycles. The van der Waals surface area contributed by atoms with Crippen LogP contribution in [0.1, 0.15) is 52.9 Å². The van der Waals surface area contributed by atoms with Gasteiger partial charge in [0.05, 0.1) is 5.60 Å². The molecule has 0 radical (unpaired) electrons. The maximum absolute atomic E-state index is 9.99. The van der Waals surface area contributed by atoms with Crippen LogP contribution < -0.4 is 0 Å². The van der Waals surface area contributed by atoms with Crippen LogP contribution in [0.5, 0.6) is 0 Å². The maximum atomic E-state index is 9.99. The van der Waals surface area contributed by atoms with E-state index in [1.165, 1.54) is 0 Å². The minimum Gasteiger partial charge on any atom is -0.389 e. The standard InChI is InChI=1S/C12H20O/c1-11(2,3)7-6-10-12(13)8-4-5-9-12/h13H,4-5,8-10H2,1-3H3. The first-order valence-corrected chi connectivity index (χ1v) is 5.14. The normalized spacial score (nSPS) is 20.9. The van der Waals surface area contributed by atoms with Crippen molar-refractivity contribution < 1.29 is 5.11 Å². The molecule has 0 heterocycles. The zero-order valence-corrected chi connectivity index (χ0v) is 8.98. The molecule has 1 aliphatic rings. The zero-order chi connectivity index (χ0) is 9.95. The minimum atomic E-state index is -0.460. The Morgan fingerprint density at radius 2 is 1.77 bits per heavy atom. The van der Waals surface area contributed by atoms with Crippen LogP contribution in [-0.4, -0.2) is 10.7 Å². The van der Waals surface area contributed by atoms with Gasteiger partial charge in [0.2, 0.25) is 0 Å². The molecule has 0 aliphatic heterocycles. The van der Waals surface area contributed by atoms with Crippen molar-refractivity contribution in [2.24, 2.45) is 5.41 Å². The van der Waals surface area contributed by atoms with Gasteiger partial charge in [-0.15, -0.1) is 0 Å². The van der Waals surface area contributed by atoms with Crippen molar-refractivity contribution in [2.75, 3.05) is 0 Å². The van der Waals surface area contributed by atoms with Gasteiger partial charge in [-0.3, -0.25) is 0 Å². The fourth-order valence-corrected chi connectivity index (χ4v) is 1.68. The summed E-state index contributed by atoms with van der Waals surface area (Å²) in [5.74, 6) is 6.27. The Morgan fingerprint density at radius 3 is 2.23 bits per heavy atom. The molecule has 1 nitrogen and oxygen atoms in total. The van der Waals surface area contributed by atoms with Gasteiger partial charge in [0.25, 0.3) is 0 Å². The Hall–Kier alpha value is -0.480. The molecule has 0 atom stereocenters. The van der Waals surface area contributed by atoms with E-state index in [0.29, 0.717) is 6.42 Å². The summed E-state index contributed by atoms with van der Waals surface area (Å²) >= 11 is 0. The van der Waals surface area contributed by atoms with Crippen LogP contribution in [0.4, 0.5) is 0 Å². The monoisotopic (exact) mass is 180 g/mol. The van der Waals surface area contributed by atoms with Crippen LogP contribution in [0.15, 0.2) is 0 Å². The van der Waals surface area contributed by atoms with Gasteiger partial charge < -0.3 is 5.11 Å². The lowest BCUT2D eigenvalue weighted by Crippen LogP contribution is -2.22. The van der Waals surface area contributed by atoms with Crippen molar-refractivity contribution in [3.63, 3.8) is 0 Å². The highest BCUT2D eigenvalue weighted by atomic mass is 16.3. The Balaban J connectivity index is 2.44. The maximum Gasteiger partial charge on any atom is 0.0756 e. The third-order valence-electron chi connectivity index (χ3n) is 2.42. The molecule has 0 saturated heterocycles. The molecule has 1 N–H and O–H groups in total. The molecule has 0 unspecified atom stereocenters. The van der Waals surface area contributed by atoms with Gasteiger partial charge in [-0.1, -0.05) is 24.7 Å². The largest absolute Gasteiger partial charge is 0.389 e. The van der Waals surface area contributed by atoms with Gasteiger partial charge in [-0.2, -0.15) is 0 Å². The van der Waals surface area contributed by atoms with Gasteiger partial charge >= 0.3 is 0 Å². The van der Waals surface area contributed by atoms with Crippen molar-refractivity contribution in [3.8, 4) is 11.8 Å². The zero-order valence-electron chi connectivity index (χ0n) is 8.98. The Labute approximate surface area is 81.5 Å². The topological polar surface area (TPSA) is 20.2 Å². The highest BCUT2D eigenvalue weighted by Crippen LogP contribution is 2.31. The molecular weight excluding hydrogens is 160 g/mol. The van der Waals surface area contributed by atoms with Crippen LogP contribution in [0, 0.1) is 17.3 Å². The van der Waals surface area contributed by atoms with Crippen molar-refractivity contribution in [2.45, 2.75) is 58.5 Å². The second-order valence-electron chi connectivity index (χ2n) is 5.16. The SMILES string of the molecule is CC(C)(C)C#CCC1(O)CCCC1. The Kier molecular flexibility index (Phi) is 3.03. The summed E-state index contributed by atoms with van der Waals surface area (Å²) < 4.78 is 0. The number of aliphatic hydroxyl groups is 1. The van der Waals surface area contributed by atoms with Crippen LogP contribution in [0.25, 0.3) is 0 Å². The molecule has 74 valence electrons. The molecule has 0 aromatic rings. The summed E-state index contributed by atoms with van der Waals surface area (Å²) in [4.78, 5) is 0. The van der Waals surface area contributed by atoms with Crippen molar-refractivity contribution in [1.29, 1.82) is 0 Å². The van der Waals surface area contributed by atoms with Crippen molar-refractivity contribution in [1.82, 2.24) is 0 Å². The molecule has 0 aromatic carbocycles. The van der Waals surface area contributed by atoms with E-state index in [2.05, 4.69) is 32.6 Å².